The lowest BCUT2D eigenvalue weighted by atomic mass is 9.83. The van der Waals surface area contributed by atoms with Crippen LogP contribution in [0.1, 0.15) is 33.1 Å². The molecule has 2 rings (SSSR count). The van der Waals surface area contributed by atoms with Crippen molar-refractivity contribution in [2.75, 3.05) is 26.2 Å². The first kappa shape index (κ1) is 10.9. The molecule has 3 nitrogen and oxygen atoms in total. The number of carbonyl (C=O) groups is 1. The summed E-state index contributed by atoms with van der Waals surface area (Å²) in [5.74, 6) is 0.747. The Kier molecular flexibility index (Phi) is 3.01. The topological polar surface area (TPSA) is 32.3 Å². The van der Waals surface area contributed by atoms with E-state index in [1.807, 2.05) is 0 Å². The maximum atomic E-state index is 12.1. The zero-order chi connectivity index (χ0) is 10.9. The van der Waals surface area contributed by atoms with Crippen LogP contribution in [0.5, 0.6) is 0 Å². The predicted molar refractivity (Wildman–Crippen MR) is 60.6 cm³/mol. The van der Waals surface area contributed by atoms with Gasteiger partial charge in [-0.05, 0) is 18.3 Å². The van der Waals surface area contributed by atoms with Crippen LogP contribution in [0.4, 0.5) is 0 Å². The van der Waals surface area contributed by atoms with Crippen LogP contribution < -0.4 is 5.32 Å². The Bertz CT molecular complexity index is 246. The number of hydrogen-bond acceptors (Lipinski definition) is 2. The molecule has 2 aliphatic rings. The minimum atomic E-state index is 0.218. The Hall–Kier alpha value is -0.570. The van der Waals surface area contributed by atoms with Gasteiger partial charge in [0, 0.05) is 32.1 Å². The monoisotopic (exact) mass is 210 g/mol. The third-order valence-corrected chi connectivity index (χ3v) is 3.55. The number of nitrogens with zero attached hydrogens (tertiary/aromatic N) is 1. The lowest BCUT2D eigenvalue weighted by Crippen LogP contribution is -2.43. The van der Waals surface area contributed by atoms with E-state index >= 15 is 0 Å². The van der Waals surface area contributed by atoms with E-state index < -0.39 is 0 Å². The number of carbonyl (C=O) groups excluding carboxylic acids is 1. The minimum absolute atomic E-state index is 0.218. The van der Waals surface area contributed by atoms with Crippen molar-refractivity contribution in [3.8, 4) is 0 Å². The van der Waals surface area contributed by atoms with Gasteiger partial charge in [0.2, 0.25) is 5.91 Å². The molecule has 1 heterocycles. The molecule has 1 saturated carbocycles. The smallest absolute Gasteiger partial charge is 0.225 e. The number of amides is 1. The van der Waals surface area contributed by atoms with Crippen molar-refractivity contribution in [1.29, 1.82) is 0 Å². The molecular formula is C12H22N2O. The van der Waals surface area contributed by atoms with Gasteiger partial charge in [-0.15, -0.1) is 0 Å². The molecule has 2 fully saturated rings. The fraction of sp³-hybridized carbons (Fsp3) is 0.917. The molecule has 0 unspecified atom stereocenters. The summed E-state index contributed by atoms with van der Waals surface area (Å²) in [7, 11) is 0. The Labute approximate surface area is 92.2 Å². The fourth-order valence-electron chi connectivity index (χ4n) is 2.39. The fourth-order valence-corrected chi connectivity index (χ4v) is 2.39. The summed E-state index contributed by atoms with van der Waals surface area (Å²) in [4.78, 5) is 14.2. The van der Waals surface area contributed by atoms with Gasteiger partial charge in [0.15, 0.2) is 0 Å². The largest absolute Gasteiger partial charge is 0.341 e. The highest BCUT2D eigenvalue weighted by molar-refractivity contribution is 5.79. The first-order valence-corrected chi connectivity index (χ1v) is 6.08. The second-order valence-corrected chi connectivity index (χ2v) is 5.73. The number of rotatable bonds is 1. The second-order valence-electron chi connectivity index (χ2n) is 5.73. The quantitative estimate of drug-likeness (QED) is 0.706. The zero-order valence-electron chi connectivity index (χ0n) is 9.88. The van der Waals surface area contributed by atoms with Crippen LogP contribution >= 0.6 is 0 Å². The van der Waals surface area contributed by atoms with Gasteiger partial charge in [0.1, 0.15) is 0 Å². The molecule has 1 aliphatic heterocycles. The molecule has 0 aromatic carbocycles. The van der Waals surface area contributed by atoms with Crippen molar-refractivity contribution in [3.05, 3.63) is 0 Å². The average Bonchev–Trinajstić information content (AvgIpc) is 2.23. The second kappa shape index (κ2) is 4.12. The van der Waals surface area contributed by atoms with Gasteiger partial charge in [-0.2, -0.15) is 0 Å². The molecule has 0 spiro atoms. The molecule has 1 amide bonds. The zero-order valence-corrected chi connectivity index (χ0v) is 9.88. The molecule has 0 aromatic heterocycles. The summed E-state index contributed by atoms with van der Waals surface area (Å²) in [5, 5.41) is 3.40. The maximum Gasteiger partial charge on any atom is 0.225 e. The van der Waals surface area contributed by atoms with E-state index in [4.69, 9.17) is 0 Å². The van der Waals surface area contributed by atoms with E-state index in [-0.39, 0.29) is 5.41 Å². The Morgan fingerprint density at radius 3 is 2.73 bits per heavy atom. The summed E-state index contributed by atoms with van der Waals surface area (Å²) >= 11 is 0. The average molecular weight is 210 g/mol. The first-order chi connectivity index (χ1) is 7.08. The van der Waals surface area contributed by atoms with Crippen LogP contribution in [0.15, 0.2) is 0 Å². The molecule has 0 bridgehead atoms. The molecular weight excluding hydrogens is 188 g/mol. The number of nitrogens with one attached hydrogen (secondary N) is 1. The highest BCUT2D eigenvalue weighted by Gasteiger charge is 2.33. The summed E-state index contributed by atoms with van der Waals surface area (Å²) in [5.41, 5.74) is 0.218. The van der Waals surface area contributed by atoms with Gasteiger partial charge in [-0.25, -0.2) is 0 Å². The molecule has 86 valence electrons. The highest BCUT2D eigenvalue weighted by Crippen LogP contribution is 2.29. The normalized spacial score (nSPS) is 26.9. The lowest BCUT2D eigenvalue weighted by Gasteiger charge is -2.34. The van der Waals surface area contributed by atoms with Gasteiger partial charge in [0.25, 0.3) is 0 Å². The van der Waals surface area contributed by atoms with E-state index in [0.717, 1.165) is 39.0 Å². The van der Waals surface area contributed by atoms with Gasteiger partial charge < -0.3 is 10.2 Å². The van der Waals surface area contributed by atoms with Crippen molar-refractivity contribution in [1.82, 2.24) is 10.2 Å². The van der Waals surface area contributed by atoms with Crippen LogP contribution in [0, 0.1) is 11.3 Å². The number of hydrogen-bond donors (Lipinski definition) is 1. The van der Waals surface area contributed by atoms with Crippen molar-refractivity contribution >= 4 is 5.91 Å². The van der Waals surface area contributed by atoms with Crippen molar-refractivity contribution < 1.29 is 4.79 Å². The molecule has 1 saturated heterocycles. The van der Waals surface area contributed by atoms with Gasteiger partial charge in [-0.3, -0.25) is 4.79 Å². The SMILES string of the molecule is CC1(C)CNCCN(C(=O)C2CCC2)C1. The lowest BCUT2D eigenvalue weighted by molar-refractivity contribution is -0.139. The third kappa shape index (κ3) is 2.51. The van der Waals surface area contributed by atoms with Crippen LogP contribution in [-0.4, -0.2) is 37.0 Å². The van der Waals surface area contributed by atoms with Crippen LogP contribution in [0.2, 0.25) is 0 Å². The minimum Gasteiger partial charge on any atom is -0.341 e. The molecule has 1 aliphatic carbocycles. The molecule has 3 heteroatoms. The van der Waals surface area contributed by atoms with E-state index in [0.29, 0.717) is 11.8 Å². The molecule has 0 aromatic rings. The van der Waals surface area contributed by atoms with Crippen molar-refractivity contribution in [3.63, 3.8) is 0 Å². The summed E-state index contributed by atoms with van der Waals surface area (Å²) in [6.07, 6.45) is 3.47. The standard InChI is InChI=1S/C12H22N2O/c1-12(2)8-13-6-7-14(9-12)11(15)10-4-3-5-10/h10,13H,3-9H2,1-2H3. The molecule has 0 radical (unpaired) electrons. The van der Waals surface area contributed by atoms with E-state index in [1.54, 1.807) is 0 Å². The summed E-state index contributed by atoms with van der Waals surface area (Å²) in [6, 6.07) is 0. The maximum absolute atomic E-state index is 12.1. The Balaban J connectivity index is 1.97. The van der Waals surface area contributed by atoms with Gasteiger partial charge in [0.05, 0.1) is 0 Å². The van der Waals surface area contributed by atoms with E-state index in [1.165, 1.54) is 6.42 Å². The summed E-state index contributed by atoms with van der Waals surface area (Å²) in [6.45, 7) is 8.22. The van der Waals surface area contributed by atoms with Crippen LogP contribution in [0.3, 0.4) is 0 Å². The predicted octanol–water partition coefficient (Wildman–Crippen LogP) is 1.24. The van der Waals surface area contributed by atoms with Crippen LogP contribution in [-0.2, 0) is 4.79 Å². The van der Waals surface area contributed by atoms with Gasteiger partial charge >= 0.3 is 0 Å². The molecule has 1 N–H and O–H groups in total. The molecule has 0 atom stereocenters. The Morgan fingerprint density at radius 1 is 1.40 bits per heavy atom. The third-order valence-electron chi connectivity index (χ3n) is 3.55. The highest BCUT2D eigenvalue weighted by atomic mass is 16.2. The van der Waals surface area contributed by atoms with Gasteiger partial charge in [-0.1, -0.05) is 20.3 Å². The summed E-state index contributed by atoms with van der Waals surface area (Å²) < 4.78 is 0. The van der Waals surface area contributed by atoms with E-state index in [2.05, 4.69) is 24.1 Å². The molecule has 15 heavy (non-hydrogen) atoms. The Morgan fingerprint density at radius 2 is 2.13 bits per heavy atom. The van der Waals surface area contributed by atoms with E-state index in [9.17, 15) is 4.79 Å². The van der Waals surface area contributed by atoms with Crippen molar-refractivity contribution in [2.24, 2.45) is 11.3 Å². The van der Waals surface area contributed by atoms with Crippen molar-refractivity contribution in [2.45, 2.75) is 33.1 Å². The first-order valence-electron chi connectivity index (χ1n) is 6.08. The van der Waals surface area contributed by atoms with Crippen LogP contribution in [0.25, 0.3) is 0 Å².